The van der Waals surface area contributed by atoms with Crippen molar-refractivity contribution in [3.05, 3.63) is 53.6 Å². The van der Waals surface area contributed by atoms with Crippen molar-refractivity contribution in [2.75, 3.05) is 23.8 Å². The Morgan fingerprint density at radius 1 is 1.23 bits per heavy atom. The van der Waals surface area contributed by atoms with Crippen molar-refractivity contribution in [3.63, 3.8) is 0 Å². The van der Waals surface area contributed by atoms with E-state index in [1.165, 1.54) is 5.56 Å². The molecule has 0 saturated heterocycles. The standard InChI is InChI=1S/C18H20N2O2/c1-2-22-16-11-4-3-9-14(16)18(21)20-15-10-5-7-13-8-6-12-19-17(13)15/h3-5,7,9-11,19H,2,6,8,12H2,1H3,(H,20,21). The highest BCUT2D eigenvalue weighted by molar-refractivity contribution is 6.07. The monoisotopic (exact) mass is 296 g/mol. The molecule has 0 spiro atoms. The summed E-state index contributed by atoms with van der Waals surface area (Å²) in [5, 5.41) is 6.39. The maximum absolute atomic E-state index is 12.6. The van der Waals surface area contributed by atoms with E-state index in [1.54, 1.807) is 6.07 Å². The number of hydrogen-bond donors (Lipinski definition) is 2. The molecule has 0 fully saturated rings. The first-order valence-corrected chi connectivity index (χ1v) is 7.68. The molecule has 0 unspecified atom stereocenters. The van der Waals surface area contributed by atoms with Gasteiger partial charge >= 0.3 is 0 Å². The zero-order valence-electron chi connectivity index (χ0n) is 12.7. The number of hydrogen-bond acceptors (Lipinski definition) is 3. The summed E-state index contributed by atoms with van der Waals surface area (Å²) in [5.41, 5.74) is 3.67. The van der Waals surface area contributed by atoms with Gasteiger partial charge in [-0.25, -0.2) is 0 Å². The number of para-hydroxylation sites is 2. The fourth-order valence-corrected chi connectivity index (χ4v) is 2.74. The van der Waals surface area contributed by atoms with Crippen LogP contribution in [0, 0.1) is 0 Å². The van der Waals surface area contributed by atoms with E-state index < -0.39 is 0 Å². The van der Waals surface area contributed by atoms with Gasteiger partial charge in [-0.15, -0.1) is 0 Å². The van der Waals surface area contributed by atoms with Crippen LogP contribution in [0.2, 0.25) is 0 Å². The van der Waals surface area contributed by atoms with E-state index in [4.69, 9.17) is 4.74 Å². The van der Waals surface area contributed by atoms with Gasteiger partial charge in [-0.3, -0.25) is 4.79 Å². The fraction of sp³-hybridized carbons (Fsp3) is 0.278. The third-order valence-corrected chi connectivity index (χ3v) is 3.76. The molecule has 0 aliphatic carbocycles. The Labute approximate surface area is 130 Å². The maximum Gasteiger partial charge on any atom is 0.259 e. The van der Waals surface area contributed by atoms with Crippen LogP contribution in [0.25, 0.3) is 0 Å². The van der Waals surface area contributed by atoms with Crippen molar-refractivity contribution < 1.29 is 9.53 Å². The van der Waals surface area contributed by atoms with E-state index in [0.29, 0.717) is 17.9 Å². The Morgan fingerprint density at radius 3 is 2.95 bits per heavy atom. The summed E-state index contributed by atoms with van der Waals surface area (Å²) in [4.78, 5) is 12.6. The Morgan fingerprint density at radius 2 is 2.09 bits per heavy atom. The molecule has 114 valence electrons. The van der Waals surface area contributed by atoms with E-state index >= 15 is 0 Å². The van der Waals surface area contributed by atoms with Gasteiger partial charge in [-0.1, -0.05) is 24.3 Å². The number of rotatable bonds is 4. The van der Waals surface area contributed by atoms with Gasteiger partial charge in [0, 0.05) is 6.54 Å². The first-order valence-electron chi connectivity index (χ1n) is 7.68. The number of benzene rings is 2. The van der Waals surface area contributed by atoms with Crippen LogP contribution in [-0.4, -0.2) is 19.1 Å². The van der Waals surface area contributed by atoms with Gasteiger partial charge in [-0.2, -0.15) is 0 Å². The molecule has 0 atom stereocenters. The average Bonchev–Trinajstić information content (AvgIpc) is 2.56. The van der Waals surface area contributed by atoms with Crippen molar-refractivity contribution >= 4 is 17.3 Å². The lowest BCUT2D eigenvalue weighted by atomic mass is 10.0. The molecular weight excluding hydrogens is 276 g/mol. The number of amides is 1. The summed E-state index contributed by atoms with van der Waals surface area (Å²) in [6, 6.07) is 13.3. The second-order valence-electron chi connectivity index (χ2n) is 5.25. The molecule has 2 aromatic rings. The molecule has 0 bridgehead atoms. The van der Waals surface area contributed by atoms with Gasteiger partial charge in [0.25, 0.3) is 5.91 Å². The lowest BCUT2D eigenvalue weighted by Gasteiger charge is -2.21. The Bertz CT molecular complexity index is 683. The minimum absolute atomic E-state index is 0.148. The van der Waals surface area contributed by atoms with Crippen molar-refractivity contribution in [1.82, 2.24) is 0 Å². The van der Waals surface area contributed by atoms with E-state index in [1.807, 2.05) is 37.3 Å². The molecule has 1 heterocycles. The summed E-state index contributed by atoms with van der Waals surface area (Å²) in [7, 11) is 0. The van der Waals surface area contributed by atoms with Gasteiger partial charge in [0.05, 0.1) is 23.5 Å². The van der Waals surface area contributed by atoms with Crippen LogP contribution in [-0.2, 0) is 6.42 Å². The normalized spacial score (nSPS) is 13.0. The molecule has 0 aromatic heterocycles. The van der Waals surface area contributed by atoms with E-state index in [9.17, 15) is 4.79 Å². The van der Waals surface area contributed by atoms with Gasteiger partial charge in [-0.05, 0) is 43.5 Å². The van der Waals surface area contributed by atoms with Crippen LogP contribution in [0.3, 0.4) is 0 Å². The third kappa shape index (κ3) is 2.91. The summed E-state index contributed by atoms with van der Waals surface area (Å²) in [6.45, 7) is 3.38. The number of ether oxygens (including phenoxy) is 1. The second-order valence-corrected chi connectivity index (χ2v) is 5.25. The lowest BCUT2D eigenvalue weighted by molar-refractivity contribution is 0.102. The van der Waals surface area contributed by atoms with Gasteiger partial charge in [0.15, 0.2) is 0 Å². The maximum atomic E-state index is 12.6. The topological polar surface area (TPSA) is 50.4 Å². The SMILES string of the molecule is CCOc1ccccc1C(=O)Nc1cccc2c1NCCC2. The van der Waals surface area contributed by atoms with Crippen molar-refractivity contribution in [1.29, 1.82) is 0 Å². The van der Waals surface area contributed by atoms with Crippen LogP contribution in [0.15, 0.2) is 42.5 Å². The molecule has 1 aliphatic heterocycles. The lowest BCUT2D eigenvalue weighted by Crippen LogP contribution is -2.18. The third-order valence-electron chi connectivity index (χ3n) is 3.76. The molecule has 4 nitrogen and oxygen atoms in total. The van der Waals surface area contributed by atoms with Gasteiger partial charge < -0.3 is 15.4 Å². The summed E-state index contributed by atoms with van der Waals surface area (Å²) in [6.07, 6.45) is 2.17. The van der Waals surface area contributed by atoms with Gasteiger partial charge in [0.1, 0.15) is 5.75 Å². The molecule has 2 N–H and O–H groups in total. The molecule has 1 aliphatic rings. The van der Waals surface area contributed by atoms with Crippen molar-refractivity contribution in [3.8, 4) is 5.75 Å². The zero-order valence-corrected chi connectivity index (χ0v) is 12.7. The van der Waals surface area contributed by atoms with Crippen LogP contribution in [0.4, 0.5) is 11.4 Å². The number of anilines is 2. The van der Waals surface area contributed by atoms with Crippen LogP contribution in [0.5, 0.6) is 5.75 Å². The van der Waals surface area contributed by atoms with E-state index in [-0.39, 0.29) is 5.91 Å². The minimum Gasteiger partial charge on any atom is -0.493 e. The average molecular weight is 296 g/mol. The highest BCUT2D eigenvalue weighted by Gasteiger charge is 2.16. The molecule has 22 heavy (non-hydrogen) atoms. The first-order chi connectivity index (χ1) is 10.8. The van der Waals surface area contributed by atoms with Crippen molar-refractivity contribution in [2.24, 2.45) is 0 Å². The molecule has 0 saturated carbocycles. The van der Waals surface area contributed by atoms with Crippen molar-refractivity contribution in [2.45, 2.75) is 19.8 Å². The predicted octanol–water partition coefficient (Wildman–Crippen LogP) is 3.70. The molecule has 0 radical (unpaired) electrons. The molecular formula is C18H20N2O2. The Kier molecular flexibility index (Phi) is 4.28. The van der Waals surface area contributed by atoms with Gasteiger partial charge in [0.2, 0.25) is 0 Å². The number of nitrogens with one attached hydrogen (secondary N) is 2. The van der Waals surface area contributed by atoms with E-state index in [2.05, 4.69) is 16.7 Å². The largest absolute Gasteiger partial charge is 0.493 e. The number of fused-ring (bicyclic) bond motifs is 1. The molecule has 1 amide bonds. The highest BCUT2D eigenvalue weighted by Crippen LogP contribution is 2.31. The summed E-state index contributed by atoms with van der Waals surface area (Å²) in [5.74, 6) is 0.463. The smallest absolute Gasteiger partial charge is 0.259 e. The minimum atomic E-state index is -0.148. The molecule has 3 rings (SSSR count). The highest BCUT2D eigenvalue weighted by atomic mass is 16.5. The summed E-state index contributed by atoms with van der Waals surface area (Å²) >= 11 is 0. The summed E-state index contributed by atoms with van der Waals surface area (Å²) < 4.78 is 5.53. The fourth-order valence-electron chi connectivity index (χ4n) is 2.74. The molecule has 4 heteroatoms. The van der Waals surface area contributed by atoms with Crippen LogP contribution < -0.4 is 15.4 Å². The number of aryl methyl sites for hydroxylation is 1. The second kappa shape index (κ2) is 6.52. The quantitative estimate of drug-likeness (QED) is 0.904. The van der Waals surface area contributed by atoms with Crippen LogP contribution in [0.1, 0.15) is 29.3 Å². The predicted molar refractivity (Wildman–Crippen MR) is 88.8 cm³/mol. The Balaban J connectivity index is 1.86. The number of carbonyl (C=O) groups excluding carboxylic acids is 1. The zero-order chi connectivity index (χ0) is 15.4. The number of carbonyl (C=O) groups is 1. The molecule has 2 aromatic carbocycles. The van der Waals surface area contributed by atoms with Crippen LogP contribution >= 0.6 is 0 Å². The first kappa shape index (κ1) is 14.4. The Hall–Kier alpha value is -2.49. The van der Waals surface area contributed by atoms with E-state index in [0.717, 1.165) is 30.8 Å².